The molecule has 0 radical (unpaired) electrons. The summed E-state index contributed by atoms with van der Waals surface area (Å²) < 4.78 is 0. The summed E-state index contributed by atoms with van der Waals surface area (Å²) >= 11 is 1.79. The molecule has 0 fully saturated rings. The molecule has 88 valence electrons. The largest absolute Gasteiger partial charge is 0.294 e. The molecule has 0 saturated heterocycles. The van der Waals surface area contributed by atoms with Crippen LogP contribution in [0.5, 0.6) is 0 Å². The number of amides is 1. The van der Waals surface area contributed by atoms with Crippen molar-refractivity contribution in [3.8, 4) is 0 Å². The fourth-order valence-electron chi connectivity index (χ4n) is 1.39. The van der Waals surface area contributed by atoms with E-state index < -0.39 is 0 Å². The number of carbonyl (C=O) groups is 1. The smallest absolute Gasteiger partial charge is 0.233 e. The average Bonchev–Trinajstić information content (AvgIpc) is 2.26. The van der Waals surface area contributed by atoms with Crippen LogP contribution in [0.2, 0.25) is 0 Å². The predicted octanol–water partition coefficient (Wildman–Crippen LogP) is 2.25. The van der Waals surface area contributed by atoms with Crippen LogP contribution in [0.1, 0.15) is 25.3 Å². The molecule has 0 bridgehead atoms. The zero-order valence-electron chi connectivity index (χ0n) is 9.69. The first kappa shape index (κ1) is 13.1. The summed E-state index contributed by atoms with van der Waals surface area (Å²) in [6.07, 6.45) is 1.32. The van der Waals surface area contributed by atoms with Crippen molar-refractivity contribution in [2.24, 2.45) is 5.84 Å². The molecule has 1 amide bonds. The monoisotopic (exact) mass is 238 g/mol. The summed E-state index contributed by atoms with van der Waals surface area (Å²) in [7, 11) is 0. The molecular weight excluding hydrogens is 220 g/mol. The van der Waals surface area contributed by atoms with E-state index in [1.165, 1.54) is 10.5 Å². The second-order valence-electron chi connectivity index (χ2n) is 3.85. The van der Waals surface area contributed by atoms with Gasteiger partial charge in [0.2, 0.25) is 5.91 Å². The second-order valence-corrected chi connectivity index (χ2v) is 5.36. The number of nitrogens with two attached hydrogens (primary N) is 1. The number of hydrogen-bond acceptors (Lipinski definition) is 3. The summed E-state index contributed by atoms with van der Waals surface area (Å²) in [5, 5.41) is 0.416. The number of nitrogens with one attached hydrogen (secondary N) is 1. The van der Waals surface area contributed by atoms with Gasteiger partial charge in [-0.15, -0.1) is 11.8 Å². The van der Waals surface area contributed by atoms with Gasteiger partial charge in [0, 0.05) is 16.6 Å². The zero-order valence-corrected chi connectivity index (χ0v) is 10.5. The maximum absolute atomic E-state index is 11.0. The molecule has 4 heteroatoms. The number of hydrogen-bond donors (Lipinski definition) is 2. The number of aryl methyl sites for hydroxylation is 1. The Morgan fingerprint density at radius 2 is 2.31 bits per heavy atom. The van der Waals surface area contributed by atoms with Gasteiger partial charge in [-0.2, -0.15) is 0 Å². The van der Waals surface area contributed by atoms with Crippen molar-refractivity contribution >= 4 is 17.7 Å². The van der Waals surface area contributed by atoms with E-state index in [1.54, 1.807) is 11.8 Å². The van der Waals surface area contributed by atoms with E-state index in [1.807, 2.05) is 0 Å². The topological polar surface area (TPSA) is 55.1 Å². The number of hydrazine groups is 1. The summed E-state index contributed by atoms with van der Waals surface area (Å²) in [6, 6.07) is 8.38. The lowest BCUT2D eigenvalue weighted by atomic mass is 10.2. The average molecular weight is 238 g/mol. The quantitative estimate of drug-likeness (QED) is 0.358. The van der Waals surface area contributed by atoms with Crippen LogP contribution >= 0.6 is 11.8 Å². The first-order valence-electron chi connectivity index (χ1n) is 5.34. The molecule has 0 spiro atoms. The fraction of sp³-hybridized carbons (Fsp3) is 0.417. The van der Waals surface area contributed by atoms with Crippen molar-refractivity contribution in [2.45, 2.75) is 36.8 Å². The van der Waals surface area contributed by atoms with Crippen LogP contribution in [0.3, 0.4) is 0 Å². The van der Waals surface area contributed by atoms with Crippen LogP contribution in [0.25, 0.3) is 0 Å². The molecule has 3 N–H and O–H groups in total. The third-order valence-electron chi connectivity index (χ3n) is 2.27. The predicted molar refractivity (Wildman–Crippen MR) is 68.1 cm³/mol. The van der Waals surface area contributed by atoms with E-state index >= 15 is 0 Å². The number of benzene rings is 1. The van der Waals surface area contributed by atoms with Crippen molar-refractivity contribution in [1.29, 1.82) is 0 Å². The second kappa shape index (κ2) is 6.55. The maximum atomic E-state index is 11.0. The lowest BCUT2D eigenvalue weighted by Gasteiger charge is -2.10. The van der Waals surface area contributed by atoms with E-state index in [0.717, 1.165) is 6.42 Å². The summed E-state index contributed by atoms with van der Waals surface area (Å²) in [5.41, 5.74) is 3.41. The van der Waals surface area contributed by atoms with Gasteiger partial charge in [0.15, 0.2) is 0 Å². The number of thioether (sulfide) groups is 1. The highest BCUT2D eigenvalue weighted by atomic mass is 32.2. The number of rotatable bonds is 5. The van der Waals surface area contributed by atoms with Gasteiger partial charge in [-0.05, 0) is 25.5 Å². The SMILES string of the molecule is Cc1cccc(SC(C)CCC(=O)NN)c1. The van der Waals surface area contributed by atoms with E-state index in [-0.39, 0.29) is 5.91 Å². The van der Waals surface area contributed by atoms with Crippen molar-refractivity contribution < 1.29 is 4.79 Å². The van der Waals surface area contributed by atoms with Crippen molar-refractivity contribution in [1.82, 2.24) is 5.43 Å². The van der Waals surface area contributed by atoms with Gasteiger partial charge in [-0.25, -0.2) is 5.84 Å². The minimum Gasteiger partial charge on any atom is -0.294 e. The highest BCUT2D eigenvalue weighted by Gasteiger charge is 2.07. The Labute approximate surface area is 101 Å². The molecule has 0 aromatic heterocycles. The first-order valence-corrected chi connectivity index (χ1v) is 6.22. The van der Waals surface area contributed by atoms with Crippen LogP contribution < -0.4 is 11.3 Å². The maximum Gasteiger partial charge on any atom is 0.233 e. The van der Waals surface area contributed by atoms with Crippen LogP contribution in [0, 0.1) is 6.92 Å². The molecule has 1 unspecified atom stereocenters. The summed E-state index contributed by atoms with van der Waals surface area (Å²) in [6.45, 7) is 4.20. The van der Waals surface area contributed by atoms with Crippen molar-refractivity contribution in [3.63, 3.8) is 0 Å². The van der Waals surface area contributed by atoms with Crippen LogP contribution in [0.15, 0.2) is 29.2 Å². The standard InChI is InChI=1S/C12H18N2OS/c1-9-4-3-5-11(8-9)16-10(2)6-7-12(15)14-13/h3-5,8,10H,6-7,13H2,1-2H3,(H,14,15). The molecule has 16 heavy (non-hydrogen) atoms. The van der Waals surface area contributed by atoms with Gasteiger partial charge in [0.05, 0.1) is 0 Å². The third kappa shape index (κ3) is 4.68. The Balaban J connectivity index is 2.39. The molecule has 1 aromatic carbocycles. The van der Waals surface area contributed by atoms with Crippen molar-refractivity contribution in [2.75, 3.05) is 0 Å². The Morgan fingerprint density at radius 1 is 1.56 bits per heavy atom. The van der Waals surface area contributed by atoms with Gasteiger partial charge in [0.25, 0.3) is 0 Å². The first-order chi connectivity index (χ1) is 7.61. The van der Waals surface area contributed by atoms with E-state index in [0.29, 0.717) is 11.7 Å². The van der Waals surface area contributed by atoms with Gasteiger partial charge < -0.3 is 0 Å². The molecule has 1 aromatic rings. The Morgan fingerprint density at radius 3 is 2.94 bits per heavy atom. The van der Waals surface area contributed by atoms with Gasteiger partial charge in [-0.1, -0.05) is 24.6 Å². The Kier molecular flexibility index (Phi) is 5.35. The Bertz CT molecular complexity index is 355. The minimum absolute atomic E-state index is 0.100. The molecule has 0 heterocycles. The van der Waals surface area contributed by atoms with Crippen molar-refractivity contribution in [3.05, 3.63) is 29.8 Å². The lowest BCUT2D eigenvalue weighted by Crippen LogP contribution is -2.30. The van der Waals surface area contributed by atoms with E-state index in [9.17, 15) is 4.79 Å². The van der Waals surface area contributed by atoms with E-state index in [4.69, 9.17) is 5.84 Å². The molecule has 3 nitrogen and oxygen atoms in total. The molecule has 1 rings (SSSR count). The minimum atomic E-state index is -0.100. The Hall–Kier alpha value is -1.00. The highest BCUT2D eigenvalue weighted by molar-refractivity contribution is 7.99. The van der Waals surface area contributed by atoms with Crippen LogP contribution in [0.4, 0.5) is 0 Å². The van der Waals surface area contributed by atoms with Gasteiger partial charge in [0.1, 0.15) is 0 Å². The molecule has 0 saturated carbocycles. The third-order valence-corrected chi connectivity index (χ3v) is 3.43. The summed E-state index contributed by atoms with van der Waals surface area (Å²) in [4.78, 5) is 12.2. The van der Waals surface area contributed by atoms with Crippen LogP contribution in [-0.2, 0) is 4.79 Å². The lowest BCUT2D eigenvalue weighted by molar-refractivity contribution is -0.121. The fourth-order valence-corrected chi connectivity index (χ4v) is 2.50. The van der Waals surface area contributed by atoms with Crippen LogP contribution in [-0.4, -0.2) is 11.2 Å². The molecule has 0 aliphatic heterocycles. The zero-order chi connectivity index (χ0) is 12.0. The number of carbonyl (C=O) groups excluding carboxylic acids is 1. The molecule has 1 atom stereocenters. The normalized spacial score (nSPS) is 12.2. The summed E-state index contributed by atoms with van der Waals surface area (Å²) in [5.74, 6) is 4.92. The van der Waals surface area contributed by atoms with E-state index in [2.05, 4.69) is 43.5 Å². The highest BCUT2D eigenvalue weighted by Crippen LogP contribution is 2.26. The van der Waals surface area contributed by atoms with Gasteiger partial charge in [-0.3, -0.25) is 10.2 Å². The molecular formula is C12H18N2OS. The molecule has 0 aliphatic rings. The molecule has 0 aliphatic carbocycles. The van der Waals surface area contributed by atoms with Gasteiger partial charge >= 0.3 is 0 Å².